The zero-order valence-corrected chi connectivity index (χ0v) is 18.3. The first-order valence-electron chi connectivity index (χ1n) is 10.8. The Morgan fingerprint density at radius 3 is 2.57 bits per heavy atom. The van der Waals surface area contributed by atoms with Crippen LogP contribution >= 0.6 is 0 Å². The number of para-hydroxylation sites is 4. The second-order valence-corrected chi connectivity index (χ2v) is 7.93. The van der Waals surface area contributed by atoms with Gasteiger partial charge in [0.1, 0.15) is 23.9 Å². The van der Waals surface area contributed by atoms with E-state index in [1.54, 1.807) is 35.2 Å². The van der Waals surface area contributed by atoms with Gasteiger partial charge in [0, 0.05) is 19.0 Å². The van der Waals surface area contributed by atoms with Crippen molar-refractivity contribution in [1.82, 2.24) is 19.3 Å². The predicted octanol–water partition coefficient (Wildman–Crippen LogP) is 2.26. The van der Waals surface area contributed by atoms with Crippen molar-refractivity contribution in [3.8, 4) is 5.69 Å². The number of aromatic nitrogens is 4. The lowest BCUT2D eigenvalue weighted by Crippen LogP contribution is -2.29. The molecule has 0 atom stereocenters. The van der Waals surface area contributed by atoms with Gasteiger partial charge in [-0.2, -0.15) is 5.10 Å². The molecule has 0 unspecified atom stereocenters. The summed E-state index contributed by atoms with van der Waals surface area (Å²) in [6.45, 7) is 0.260. The Morgan fingerprint density at radius 1 is 1.09 bits per heavy atom. The third kappa shape index (κ3) is 4.01. The van der Waals surface area contributed by atoms with Gasteiger partial charge < -0.3 is 10.2 Å². The van der Waals surface area contributed by atoms with Gasteiger partial charge in [0.15, 0.2) is 5.65 Å². The van der Waals surface area contributed by atoms with Crippen LogP contribution < -0.4 is 15.8 Å². The monoisotopic (exact) mass is 473 g/mol. The van der Waals surface area contributed by atoms with Crippen molar-refractivity contribution in [2.24, 2.45) is 0 Å². The zero-order valence-electron chi connectivity index (χ0n) is 18.3. The average molecular weight is 473 g/mol. The van der Waals surface area contributed by atoms with Crippen LogP contribution in [0, 0.1) is 10.1 Å². The summed E-state index contributed by atoms with van der Waals surface area (Å²) in [5, 5.41) is 18.4. The van der Waals surface area contributed by atoms with Crippen LogP contribution in [0.25, 0.3) is 16.7 Å². The maximum absolute atomic E-state index is 13.0. The van der Waals surface area contributed by atoms with Crippen LogP contribution in [0.15, 0.2) is 65.8 Å². The van der Waals surface area contributed by atoms with E-state index in [4.69, 9.17) is 0 Å². The maximum Gasteiger partial charge on any atom is 0.294 e. The highest BCUT2D eigenvalue weighted by Crippen LogP contribution is 2.29. The Balaban J connectivity index is 1.41. The van der Waals surface area contributed by atoms with Gasteiger partial charge in [-0.25, -0.2) is 9.67 Å². The first kappa shape index (κ1) is 21.9. The van der Waals surface area contributed by atoms with Gasteiger partial charge in [0.05, 0.1) is 22.5 Å². The fourth-order valence-corrected chi connectivity index (χ4v) is 4.10. The molecule has 3 heterocycles. The van der Waals surface area contributed by atoms with Gasteiger partial charge >= 0.3 is 0 Å². The summed E-state index contributed by atoms with van der Waals surface area (Å²) in [5.41, 5.74) is 0.687. The molecular weight excluding hydrogens is 454 g/mol. The molecule has 0 saturated carbocycles. The highest BCUT2D eigenvalue weighted by Gasteiger charge is 2.24. The number of rotatable bonds is 6. The number of nitro groups is 1. The summed E-state index contributed by atoms with van der Waals surface area (Å²) in [5.74, 6) is -0.480. The van der Waals surface area contributed by atoms with Crippen LogP contribution in [0.1, 0.15) is 12.8 Å². The molecule has 35 heavy (non-hydrogen) atoms. The number of fused-ring (bicyclic) bond motifs is 1. The number of nitrogens with one attached hydrogen (secondary N) is 1. The van der Waals surface area contributed by atoms with Crippen molar-refractivity contribution in [3.05, 3.63) is 81.5 Å². The SMILES string of the molecule is O=C(Cn1cnc2c(cnn2-c2ccccc2[N+](=O)[O-])c1=O)Nc1ccccc1N1CCCC1=O. The first-order valence-corrected chi connectivity index (χ1v) is 10.8. The number of nitro benzene ring substituents is 1. The third-order valence-electron chi connectivity index (χ3n) is 5.72. The molecular formula is C23H19N7O5. The minimum Gasteiger partial charge on any atom is -0.323 e. The summed E-state index contributed by atoms with van der Waals surface area (Å²) in [7, 11) is 0. The molecule has 4 aromatic rings. The largest absolute Gasteiger partial charge is 0.323 e. The van der Waals surface area contributed by atoms with Crippen LogP contribution in [-0.2, 0) is 16.1 Å². The van der Waals surface area contributed by atoms with E-state index >= 15 is 0 Å². The number of carbonyl (C=O) groups is 2. The second-order valence-electron chi connectivity index (χ2n) is 7.93. The van der Waals surface area contributed by atoms with Crippen molar-refractivity contribution < 1.29 is 14.5 Å². The quantitative estimate of drug-likeness (QED) is 0.334. The van der Waals surface area contributed by atoms with Crippen LogP contribution in [0.4, 0.5) is 17.1 Å². The number of amides is 2. The lowest BCUT2D eigenvalue weighted by molar-refractivity contribution is -0.384. The molecule has 5 rings (SSSR count). The molecule has 1 aliphatic heterocycles. The van der Waals surface area contributed by atoms with Crippen LogP contribution in [0.3, 0.4) is 0 Å². The number of hydrogen-bond donors (Lipinski definition) is 1. The van der Waals surface area contributed by atoms with E-state index in [1.165, 1.54) is 35.4 Å². The average Bonchev–Trinajstić information content (AvgIpc) is 3.48. The fourth-order valence-electron chi connectivity index (χ4n) is 4.10. The highest BCUT2D eigenvalue weighted by atomic mass is 16.6. The minimum atomic E-state index is -0.540. The molecule has 0 bridgehead atoms. The molecule has 0 spiro atoms. The van der Waals surface area contributed by atoms with Crippen molar-refractivity contribution in [3.63, 3.8) is 0 Å². The molecule has 0 aliphatic carbocycles. The Labute approximate surface area is 197 Å². The first-order chi connectivity index (χ1) is 16.9. The van der Waals surface area contributed by atoms with Crippen molar-refractivity contribution in [1.29, 1.82) is 0 Å². The second kappa shape index (κ2) is 8.82. The minimum absolute atomic E-state index is 0.00626. The summed E-state index contributed by atoms with van der Waals surface area (Å²) in [6, 6.07) is 13.0. The van der Waals surface area contributed by atoms with Gasteiger partial charge in [-0.05, 0) is 24.6 Å². The molecule has 12 heteroatoms. The summed E-state index contributed by atoms with van der Waals surface area (Å²) in [4.78, 5) is 54.6. The Morgan fingerprint density at radius 2 is 1.83 bits per heavy atom. The Hall–Kier alpha value is -4.87. The number of hydrogen-bond acceptors (Lipinski definition) is 7. The van der Waals surface area contributed by atoms with Gasteiger partial charge in [0.2, 0.25) is 11.8 Å². The molecule has 2 aromatic carbocycles. The van der Waals surface area contributed by atoms with E-state index in [2.05, 4.69) is 15.4 Å². The molecule has 1 aliphatic rings. The van der Waals surface area contributed by atoms with E-state index in [1.807, 2.05) is 0 Å². The molecule has 1 N–H and O–H groups in total. The Bertz CT molecular complexity index is 1540. The lowest BCUT2D eigenvalue weighted by Gasteiger charge is -2.20. The van der Waals surface area contributed by atoms with Crippen LogP contribution in [-0.4, -0.2) is 42.6 Å². The normalized spacial score (nSPS) is 13.4. The summed E-state index contributed by atoms with van der Waals surface area (Å²) < 4.78 is 2.36. The van der Waals surface area contributed by atoms with Gasteiger partial charge in [-0.1, -0.05) is 24.3 Å². The summed E-state index contributed by atoms with van der Waals surface area (Å²) >= 11 is 0. The topological polar surface area (TPSA) is 145 Å². The van der Waals surface area contributed by atoms with E-state index < -0.39 is 16.4 Å². The zero-order chi connectivity index (χ0) is 24.5. The standard InChI is InChI=1S/C23H19N7O5/c31-20(26-16-6-1-2-7-17(16)28-11-5-10-21(28)32)13-27-14-24-22-15(23(27)33)12-25-29(22)18-8-3-4-9-19(18)30(34)35/h1-4,6-9,12,14H,5,10-11,13H2,(H,26,31). The Kier molecular flexibility index (Phi) is 5.53. The smallest absolute Gasteiger partial charge is 0.294 e. The maximum atomic E-state index is 13.0. The molecule has 2 amide bonds. The highest BCUT2D eigenvalue weighted by molar-refractivity contribution is 6.02. The van der Waals surface area contributed by atoms with E-state index in [0.29, 0.717) is 24.3 Å². The molecule has 0 radical (unpaired) electrons. The van der Waals surface area contributed by atoms with Crippen molar-refractivity contribution in [2.75, 3.05) is 16.8 Å². The molecule has 1 fully saturated rings. The third-order valence-corrected chi connectivity index (χ3v) is 5.72. The van der Waals surface area contributed by atoms with E-state index in [0.717, 1.165) is 11.0 Å². The lowest BCUT2D eigenvalue weighted by atomic mass is 10.2. The number of benzene rings is 2. The van der Waals surface area contributed by atoms with Gasteiger partial charge in [0.25, 0.3) is 11.2 Å². The summed E-state index contributed by atoms with van der Waals surface area (Å²) in [6.07, 6.45) is 3.68. The van der Waals surface area contributed by atoms with Crippen LogP contribution in [0.2, 0.25) is 0 Å². The van der Waals surface area contributed by atoms with Crippen molar-refractivity contribution >= 4 is 39.9 Å². The van der Waals surface area contributed by atoms with E-state index in [-0.39, 0.29) is 34.9 Å². The number of anilines is 2. The fraction of sp³-hybridized carbons (Fsp3) is 0.174. The molecule has 176 valence electrons. The number of nitrogens with zero attached hydrogens (tertiary/aromatic N) is 6. The van der Waals surface area contributed by atoms with Crippen LogP contribution in [0.5, 0.6) is 0 Å². The van der Waals surface area contributed by atoms with Gasteiger partial charge in [-0.15, -0.1) is 0 Å². The van der Waals surface area contributed by atoms with Gasteiger partial charge in [-0.3, -0.25) is 29.1 Å². The van der Waals surface area contributed by atoms with E-state index in [9.17, 15) is 24.5 Å². The molecule has 2 aromatic heterocycles. The predicted molar refractivity (Wildman–Crippen MR) is 126 cm³/mol. The molecule has 1 saturated heterocycles. The molecule has 12 nitrogen and oxygen atoms in total. The van der Waals surface area contributed by atoms with Crippen molar-refractivity contribution in [2.45, 2.75) is 19.4 Å². The number of carbonyl (C=O) groups excluding carboxylic acids is 2.